The molecule has 1 aliphatic heterocycles. The highest BCUT2D eigenvalue weighted by molar-refractivity contribution is 5.81. The van der Waals surface area contributed by atoms with Crippen molar-refractivity contribution in [2.24, 2.45) is 0 Å². The van der Waals surface area contributed by atoms with E-state index in [4.69, 9.17) is 9.47 Å². The maximum Gasteiger partial charge on any atom is 0.239 e. The van der Waals surface area contributed by atoms with E-state index >= 15 is 0 Å². The predicted molar refractivity (Wildman–Crippen MR) is 81.8 cm³/mol. The zero-order chi connectivity index (χ0) is 14.9. The minimum atomic E-state index is -0.0193. The maximum absolute atomic E-state index is 11.8. The number of nitrogens with one attached hydrogen (secondary N) is 2. The normalized spacial score (nSPS) is 15.5. The summed E-state index contributed by atoms with van der Waals surface area (Å²) in [6.07, 6.45) is 0. The molecule has 1 fully saturated rings. The van der Waals surface area contributed by atoms with E-state index in [9.17, 15) is 4.79 Å². The number of carbonyl (C=O) groups is 1. The second kappa shape index (κ2) is 8.49. The monoisotopic (exact) mass is 293 g/mol. The number of benzene rings is 1. The van der Waals surface area contributed by atoms with Crippen LogP contribution in [-0.4, -0.2) is 63.9 Å². The number of ether oxygens (including phenoxy) is 2. The van der Waals surface area contributed by atoms with Gasteiger partial charge in [-0.15, -0.1) is 0 Å². The minimum absolute atomic E-state index is 0.0193. The molecule has 0 aromatic heterocycles. The van der Waals surface area contributed by atoms with Crippen molar-refractivity contribution in [2.45, 2.75) is 0 Å². The van der Waals surface area contributed by atoms with Crippen LogP contribution in [0.1, 0.15) is 0 Å². The van der Waals surface area contributed by atoms with Crippen molar-refractivity contribution >= 4 is 11.6 Å². The first-order valence-electron chi connectivity index (χ1n) is 7.23. The van der Waals surface area contributed by atoms with Gasteiger partial charge in [-0.05, 0) is 12.1 Å². The summed E-state index contributed by atoms with van der Waals surface area (Å²) in [5.41, 5.74) is 0.823. The average Bonchev–Trinajstić information content (AvgIpc) is 2.54. The number of carbonyl (C=O) groups excluding carboxylic acids is 1. The molecule has 0 aliphatic carbocycles. The molecular weight excluding hydrogens is 270 g/mol. The van der Waals surface area contributed by atoms with Gasteiger partial charge in [0, 0.05) is 26.2 Å². The highest BCUT2D eigenvalue weighted by Gasteiger charge is 2.10. The Morgan fingerprint density at radius 2 is 2.10 bits per heavy atom. The number of anilines is 1. The summed E-state index contributed by atoms with van der Waals surface area (Å²) in [5.74, 6) is 0.716. The Hall–Kier alpha value is -1.79. The van der Waals surface area contributed by atoms with Gasteiger partial charge in [-0.1, -0.05) is 12.1 Å². The molecule has 0 atom stereocenters. The lowest BCUT2D eigenvalue weighted by atomic mass is 10.3. The van der Waals surface area contributed by atoms with Crippen LogP contribution in [-0.2, 0) is 9.53 Å². The summed E-state index contributed by atoms with van der Waals surface area (Å²) in [6, 6.07) is 7.55. The third kappa shape index (κ3) is 5.24. The Balaban J connectivity index is 1.65. The van der Waals surface area contributed by atoms with Gasteiger partial charge in [0.05, 0.1) is 32.6 Å². The molecule has 2 rings (SSSR count). The molecule has 116 valence electrons. The van der Waals surface area contributed by atoms with Gasteiger partial charge in [-0.2, -0.15) is 0 Å². The summed E-state index contributed by atoms with van der Waals surface area (Å²) >= 11 is 0. The van der Waals surface area contributed by atoms with E-state index in [2.05, 4.69) is 15.5 Å². The van der Waals surface area contributed by atoms with Crippen LogP contribution in [0.5, 0.6) is 5.75 Å². The van der Waals surface area contributed by atoms with Crippen LogP contribution in [0, 0.1) is 0 Å². The maximum atomic E-state index is 11.8. The van der Waals surface area contributed by atoms with Crippen molar-refractivity contribution in [3.63, 3.8) is 0 Å². The first-order valence-corrected chi connectivity index (χ1v) is 7.23. The SMILES string of the molecule is COc1ccccc1NCC(=O)NCCN1CCOCC1. The van der Waals surface area contributed by atoms with Crippen LogP contribution in [0.4, 0.5) is 5.69 Å². The highest BCUT2D eigenvalue weighted by Crippen LogP contribution is 2.22. The van der Waals surface area contributed by atoms with E-state index in [1.807, 2.05) is 24.3 Å². The molecule has 0 bridgehead atoms. The molecule has 2 N–H and O–H groups in total. The van der Waals surface area contributed by atoms with Crippen LogP contribution in [0.3, 0.4) is 0 Å². The van der Waals surface area contributed by atoms with Crippen molar-refractivity contribution in [2.75, 3.05) is 58.4 Å². The van der Waals surface area contributed by atoms with Crippen LogP contribution < -0.4 is 15.4 Å². The van der Waals surface area contributed by atoms with Crippen molar-refractivity contribution in [3.05, 3.63) is 24.3 Å². The third-order valence-corrected chi connectivity index (χ3v) is 3.40. The molecule has 1 aromatic carbocycles. The molecule has 1 heterocycles. The average molecular weight is 293 g/mol. The number of hydrogen-bond acceptors (Lipinski definition) is 5. The lowest BCUT2D eigenvalue weighted by Gasteiger charge is -2.26. The predicted octanol–water partition coefficient (Wildman–Crippen LogP) is 0.555. The first-order chi connectivity index (χ1) is 10.3. The molecule has 0 unspecified atom stereocenters. The Kier molecular flexibility index (Phi) is 6.30. The van der Waals surface area contributed by atoms with Crippen molar-refractivity contribution < 1.29 is 14.3 Å². The largest absolute Gasteiger partial charge is 0.495 e. The lowest BCUT2D eigenvalue weighted by molar-refractivity contribution is -0.119. The Bertz CT molecular complexity index is 448. The first kappa shape index (κ1) is 15.6. The fraction of sp³-hybridized carbons (Fsp3) is 0.533. The van der Waals surface area contributed by atoms with E-state index in [-0.39, 0.29) is 12.5 Å². The van der Waals surface area contributed by atoms with Crippen molar-refractivity contribution in [1.82, 2.24) is 10.2 Å². The molecule has 1 saturated heterocycles. The lowest BCUT2D eigenvalue weighted by Crippen LogP contribution is -2.42. The standard InChI is InChI=1S/C15H23N3O3/c1-20-14-5-3-2-4-13(14)17-12-15(19)16-6-7-18-8-10-21-11-9-18/h2-5,17H,6-12H2,1H3,(H,16,19). The zero-order valence-corrected chi connectivity index (χ0v) is 12.4. The number of para-hydroxylation sites is 2. The summed E-state index contributed by atoms with van der Waals surface area (Å²) in [4.78, 5) is 14.1. The molecule has 6 heteroatoms. The van der Waals surface area contributed by atoms with Crippen LogP contribution in [0.25, 0.3) is 0 Å². The van der Waals surface area contributed by atoms with Crippen LogP contribution in [0.15, 0.2) is 24.3 Å². The van der Waals surface area contributed by atoms with Gasteiger partial charge < -0.3 is 20.1 Å². The third-order valence-electron chi connectivity index (χ3n) is 3.40. The Labute approximate surface area is 125 Å². The second-order valence-electron chi connectivity index (χ2n) is 4.86. The molecular formula is C15H23N3O3. The number of hydrogen-bond donors (Lipinski definition) is 2. The number of methoxy groups -OCH3 is 1. The summed E-state index contributed by atoms with van der Waals surface area (Å²) in [6.45, 7) is 5.21. The molecule has 1 aromatic rings. The van der Waals surface area contributed by atoms with E-state index in [1.165, 1.54) is 0 Å². The molecule has 1 amide bonds. The molecule has 0 spiro atoms. The number of amides is 1. The van der Waals surface area contributed by atoms with E-state index in [0.717, 1.165) is 44.3 Å². The van der Waals surface area contributed by atoms with Gasteiger partial charge in [0.25, 0.3) is 0 Å². The van der Waals surface area contributed by atoms with Crippen LogP contribution >= 0.6 is 0 Å². The Morgan fingerprint density at radius 1 is 1.33 bits per heavy atom. The Morgan fingerprint density at radius 3 is 2.86 bits per heavy atom. The van der Waals surface area contributed by atoms with Gasteiger partial charge in [0.2, 0.25) is 5.91 Å². The minimum Gasteiger partial charge on any atom is -0.495 e. The summed E-state index contributed by atoms with van der Waals surface area (Å²) < 4.78 is 10.5. The molecule has 1 aliphatic rings. The number of rotatable bonds is 7. The van der Waals surface area contributed by atoms with Gasteiger partial charge in [0.1, 0.15) is 5.75 Å². The van der Waals surface area contributed by atoms with E-state index in [1.54, 1.807) is 7.11 Å². The van der Waals surface area contributed by atoms with Crippen LogP contribution in [0.2, 0.25) is 0 Å². The summed E-state index contributed by atoms with van der Waals surface area (Å²) in [5, 5.41) is 5.99. The highest BCUT2D eigenvalue weighted by atomic mass is 16.5. The fourth-order valence-electron chi connectivity index (χ4n) is 2.21. The van der Waals surface area contributed by atoms with Gasteiger partial charge >= 0.3 is 0 Å². The van der Waals surface area contributed by atoms with E-state index < -0.39 is 0 Å². The summed E-state index contributed by atoms with van der Waals surface area (Å²) in [7, 11) is 1.61. The second-order valence-corrected chi connectivity index (χ2v) is 4.86. The molecule has 6 nitrogen and oxygen atoms in total. The van der Waals surface area contributed by atoms with E-state index in [0.29, 0.717) is 6.54 Å². The number of morpholine rings is 1. The number of nitrogens with zero attached hydrogens (tertiary/aromatic N) is 1. The van der Waals surface area contributed by atoms with Gasteiger partial charge in [-0.25, -0.2) is 0 Å². The van der Waals surface area contributed by atoms with Crippen molar-refractivity contribution in [1.29, 1.82) is 0 Å². The smallest absolute Gasteiger partial charge is 0.239 e. The van der Waals surface area contributed by atoms with Gasteiger partial charge in [-0.3, -0.25) is 9.69 Å². The quantitative estimate of drug-likeness (QED) is 0.769. The zero-order valence-electron chi connectivity index (χ0n) is 12.4. The molecule has 0 radical (unpaired) electrons. The van der Waals surface area contributed by atoms with Gasteiger partial charge in [0.15, 0.2) is 0 Å². The topological polar surface area (TPSA) is 62.8 Å². The molecule has 21 heavy (non-hydrogen) atoms. The fourth-order valence-corrected chi connectivity index (χ4v) is 2.21. The van der Waals surface area contributed by atoms with Crippen molar-refractivity contribution in [3.8, 4) is 5.75 Å². The molecule has 0 saturated carbocycles.